The Balaban J connectivity index is 1.44. The Labute approximate surface area is 207 Å². The van der Waals surface area contributed by atoms with E-state index in [0.29, 0.717) is 62.7 Å². The first kappa shape index (κ1) is 25.6. The second-order valence-corrected chi connectivity index (χ2v) is 11.2. The van der Waals surface area contributed by atoms with Gasteiger partial charge in [0.05, 0.1) is 25.4 Å². The third-order valence-corrected chi connectivity index (χ3v) is 8.39. The molecule has 2 atom stereocenters. The van der Waals surface area contributed by atoms with E-state index in [1.165, 1.54) is 4.31 Å². The molecule has 2 unspecified atom stereocenters. The van der Waals surface area contributed by atoms with Crippen LogP contribution in [0.5, 0.6) is 5.75 Å². The van der Waals surface area contributed by atoms with Crippen molar-refractivity contribution in [2.24, 2.45) is 0 Å². The van der Waals surface area contributed by atoms with Crippen molar-refractivity contribution < 1.29 is 27.4 Å². The van der Waals surface area contributed by atoms with Gasteiger partial charge in [0.25, 0.3) is 5.91 Å². The van der Waals surface area contributed by atoms with Crippen LogP contribution in [0.1, 0.15) is 33.5 Å². The quantitative estimate of drug-likeness (QED) is 0.579. The molecule has 2 heterocycles. The van der Waals surface area contributed by atoms with Gasteiger partial charge in [-0.05, 0) is 49.6 Å². The molecule has 0 aliphatic carbocycles. The summed E-state index contributed by atoms with van der Waals surface area (Å²) in [5, 5.41) is 0. The van der Waals surface area contributed by atoms with Crippen molar-refractivity contribution in [2.75, 3.05) is 46.5 Å². The van der Waals surface area contributed by atoms with Crippen LogP contribution < -0.4 is 4.74 Å². The van der Waals surface area contributed by atoms with E-state index >= 15 is 0 Å². The summed E-state index contributed by atoms with van der Waals surface area (Å²) in [6.45, 7) is 6.57. The molecule has 0 saturated carbocycles. The SMILES string of the molecule is COC1CN(C(=O)c2cc(C)ccc2C)CC1Oc1cccc(CS(=O)(=O)N2CCCOCC2)c1. The molecule has 2 fully saturated rings. The minimum absolute atomic E-state index is 0.0411. The number of rotatable bonds is 7. The van der Waals surface area contributed by atoms with Crippen molar-refractivity contribution in [3.63, 3.8) is 0 Å². The molecule has 4 rings (SSSR count). The number of benzene rings is 2. The number of ether oxygens (including phenoxy) is 3. The van der Waals surface area contributed by atoms with Crippen LogP contribution in [-0.4, -0.2) is 82.2 Å². The van der Waals surface area contributed by atoms with Gasteiger partial charge in [0.1, 0.15) is 18.0 Å². The van der Waals surface area contributed by atoms with Gasteiger partial charge in [-0.15, -0.1) is 0 Å². The Morgan fingerprint density at radius 2 is 1.86 bits per heavy atom. The monoisotopic (exact) mass is 502 g/mol. The standard InChI is InChI=1S/C26H34N2O6S/c1-19-8-9-20(2)23(14-19)26(29)27-16-24(32-3)25(17-27)34-22-7-4-6-21(15-22)18-35(30,31)28-10-5-12-33-13-11-28/h4,6-9,14-15,24-25H,5,10-13,16-18H2,1-3H3. The van der Waals surface area contributed by atoms with E-state index in [1.807, 2.05) is 32.0 Å². The molecule has 35 heavy (non-hydrogen) atoms. The van der Waals surface area contributed by atoms with Crippen LogP contribution in [0.4, 0.5) is 0 Å². The Bertz CT molecular complexity index is 1140. The molecule has 2 aromatic carbocycles. The number of hydrogen-bond acceptors (Lipinski definition) is 6. The predicted molar refractivity (Wildman–Crippen MR) is 133 cm³/mol. The third kappa shape index (κ3) is 6.22. The Morgan fingerprint density at radius 1 is 1.06 bits per heavy atom. The van der Waals surface area contributed by atoms with E-state index in [4.69, 9.17) is 14.2 Å². The number of hydrogen-bond donors (Lipinski definition) is 0. The molecule has 190 valence electrons. The van der Waals surface area contributed by atoms with Gasteiger partial charge < -0.3 is 19.1 Å². The Morgan fingerprint density at radius 3 is 2.66 bits per heavy atom. The smallest absolute Gasteiger partial charge is 0.254 e. The average Bonchev–Trinajstić information content (AvgIpc) is 3.03. The highest BCUT2D eigenvalue weighted by atomic mass is 32.2. The largest absolute Gasteiger partial charge is 0.486 e. The highest BCUT2D eigenvalue weighted by Crippen LogP contribution is 2.25. The van der Waals surface area contributed by atoms with Crippen molar-refractivity contribution in [1.82, 2.24) is 9.21 Å². The molecule has 0 radical (unpaired) electrons. The summed E-state index contributed by atoms with van der Waals surface area (Å²) in [5.74, 6) is 0.422. The molecule has 0 N–H and O–H groups in total. The highest BCUT2D eigenvalue weighted by Gasteiger charge is 2.38. The second-order valence-electron chi connectivity index (χ2n) is 9.23. The van der Waals surface area contributed by atoms with Gasteiger partial charge in [-0.3, -0.25) is 4.79 Å². The summed E-state index contributed by atoms with van der Waals surface area (Å²) in [4.78, 5) is 15.0. The predicted octanol–water partition coefficient (Wildman–Crippen LogP) is 2.77. The molecule has 8 nitrogen and oxygen atoms in total. The van der Waals surface area contributed by atoms with Crippen molar-refractivity contribution in [1.29, 1.82) is 0 Å². The molecule has 0 bridgehead atoms. The van der Waals surface area contributed by atoms with Crippen LogP contribution in [0.15, 0.2) is 42.5 Å². The summed E-state index contributed by atoms with van der Waals surface area (Å²) in [6.07, 6.45) is 0.0528. The fraction of sp³-hybridized carbons (Fsp3) is 0.500. The molecule has 2 saturated heterocycles. The fourth-order valence-electron chi connectivity index (χ4n) is 4.57. The minimum Gasteiger partial charge on any atom is -0.486 e. The summed E-state index contributed by atoms with van der Waals surface area (Å²) in [7, 11) is -1.85. The molecule has 2 aliphatic heterocycles. The summed E-state index contributed by atoms with van der Waals surface area (Å²) < 4.78 is 44.6. The molecular weight excluding hydrogens is 468 g/mol. The van der Waals surface area contributed by atoms with Gasteiger partial charge in [-0.1, -0.05) is 29.8 Å². The van der Waals surface area contributed by atoms with Gasteiger partial charge in [0.2, 0.25) is 10.0 Å². The first-order valence-electron chi connectivity index (χ1n) is 12.0. The lowest BCUT2D eigenvalue weighted by molar-refractivity contribution is 0.0339. The van der Waals surface area contributed by atoms with Crippen LogP contribution in [0, 0.1) is 13.8 Å². The zero-order valence-electron chi connectivity index (χ0n) is 20.6. The van der Waals surface area contributed by atoms with Gasteiger partial charge in [-0.2, -0.15) is 4.31 Å². The fourth-order valence-corrected chi connectivity index (χ4v) is 6.12. The van der Waals surface area contributed by atoms with E-state index in [0.717, 1.165) is 11.1 Å². The lowest BCUT2D eigenvalue weighted by Crippen LogP contribution is -2.34. The maximum Gasteiger partial charge on any atom is 0.254 e. The van der Waals surface area contributed by atoms with Crippen molar-refractivity contribution in [3.05, 3.63) is 64.7 Å². The zero-order valence-corrected chi connectivity index (χ0v) is 21.4. The second kappa shape index (κ2) is 11.1. The number of sulfonamides is 1. The number of amides is 1. The third-order valence-electron chi connectivity index (χ3n) is 6.54. The molecule has 1 amide bonds. The van der Waals surface area contributed by atoms with Gasteiger partial charge in [-0.25, -0.2) is 8.42 Å². The maximum absolute atomic E-state index is 13.2. The topological polar surface area (TPSA) is 85.4 Å². The van der Waals surface area contributed by atoms with E-state index < -0.39 is 10.0 Å². The molecule has 0 spiro atoms. The molecular formula is C26H34N2O6S. The van der Waals surface area contributed by atoms with Crippen molar-refractivity contribution in [2.45, 2.75) is 38.2 Å². The number of likely N-dealkylation sites (tertiary alicyclic amines) is 1. The first-order chi connectivity index (χ1) is 16.8. The van der Waals surface area contributed by atoms with Gasteiger partial charge in [0, 0.05) is 32.4 Å². The zero-order chi connectivity index (χ0) is 25.0. The number of carbonyl (C=O) groups is 1. The molecule has 9 heteroatoms. The Kier molecular flexibility index (Phi) is 8.11. The minimum atomic E-state index is -3.46. The number of methoxy groups -OCH3 is 1. The normalized spacial score (nSPS) is 21.6. The number of carbonyl (C=O) groups excluding carboxylic acids is 1. The number of aryl methyl sites for hydroxylation is 2. The molecule has 2 aliphatic rings. The van der Waals surface area contributed by atoms with Crippen LogP contribution in [0.2, 0.25) is 0 Å². The molecule has 2 aromatic rings. The van der Waals surface area contributed by atoms with E-state index in [9.17, 15) is 13.2 Å². The Hall–Kier alpha value is -2.46. The molecule has 0 aromatic heterocycles. The first-order valence-corrected chi connectivity index (χ1v) is 13.6. The van der Waals surface area contributed by atoms with Crippen molar-refractivity contribution >= 4 is 15.9 Å². The van der Waals surface area contributed by atoms with E-state index in [2.05, 4.69) is 0 Å². The van der Waals surface area contributed by atoms with E-state index in [-0.39, 0.29) is 23.9 Å². The maximum atomic E-state index is 13.2. The van der Waals surface area contributed by atoms with Crippen LogP contribution in [0.25, 0.3) is 0 Å². The van der Waals surface area contributed by atoms with Crippen LogP contribution >= 0.6 is 0 Å². The lowest BCUT2D eigenvalue weighted by Gasteiger charge is -2.21. The summed E-state index contributed by atoms with van der Waals surface area (Å²) in [6, 6.07) is 13.0. The van der Waals surface area contributed by atoms with Crippen molar-refractivity contribution in [3.8, 4) is 5.75 Å². The van der Waals surface area contributed by atoms with Crippen LogP contribution in [0.3, 0.4) is 0 Å². The van der Waals surface area contributed by atoms with E-state index in [1.54, 1.807) is 36.3 Å². The van der Waals surface area contributed by atoms with Gasteiger partial charge in [0.15, 0.2) is 0 Å². The summed E-state index contributed by atoms with van der Waals surface area (Å²) >= 11 is 0. The lowest BCUT2D eigenvalue weighted by atomic mass is 10.0. The average molecular weight is 503 g/mol. The highest BCUT2D eigenvalue weighted by molar-refractivity contribution is 7.88. The van der Waals surface area contributed by atoms with Crippen LogP contribution in [-0.2, 0) is 25.2 Å². The summed E-state index contributed by atoms with van der Waals surface area (Å²) in [5.41, 5.74) is 3.31. The number of nitrogens with zero attached hydrogens (tertiary/aromatic N) is 2. The van der Waals surface area contributed by atoms with Gasteiger partial charge >= 0.3 is 0 Å².